The zero-order chi connectivity index (χ0) is 33.5. The molecule has 0 aliphatic carbocycles. The first-order chi connectivity index (χ1) is 23.2. The molecule has 0 saturated carbocycles. The Morgan fingerprint density at radius 3 is 2.35 bits per heavy atom. The summed E-state index contributed by atoms with van der Waals surface area (Å²) in [4.78, 5) is 4.81. The Labute approximate surface area is 304 Å². The number of fused-ring (bicyclic) bond motifs is 3. The quantitative estimate of drug-likeness (QED) is 0.136. The second-order valence-corrected chi connectivity index (χ2v) is 13.5. The van der Waals surface area contributed by atoms with Gasteiger partial charge in [-0.15, -0.1) is 35.7 Å². The van der Waals surface area contributed by atoms with E-state index in [4.69, 9.17) is 14.8 Å². The first-order valence-corrected chi connectivity index (χ1v) is 17.0. The van der Waals surface area contributed by atoms with Crippen molar-refractivity contribution in [2.75, 3.05) is 0 Å². The molecule has 0 aliphatic heterocycles. The van der Waals surface area contributed by atoms with Gasteiger partial charge in [0.25, 0.3) is 0 Å². The van der Waals surface area contributed by atoms with Crippen LogP contribution in [0.4, 0.5) is 0 Å². The number of pyridine rings is 1. The van der Waals surface area contributed by atoms with Crippen LogP contribution in [0.25, 0.3) is 44.4 Å². The van der Waals surface area contributed by atoms with Crippen LogP contribution < -0.4 is 4.74 Å². The number of aryl methyl sites for hydroxylation is 3. The minimum absolute atomic E-state index is 0. The molecule has 0 fully saturated rings. The van der Waals surface area contributed by atoms with Crippen LogP contribution in [-0.4, -0.2) is 19.3 Å². The van der Waals surface area contributed by atoms with E-state index >= 15 is 0 Å². The van der Waals surface area contributed by atoms with Gasteiger partial charge in [-0.2, -0.15) is 16.7 Å². The predicted molar refractivity (Wildman–Crippen MR) is 197 cm³/mol. The first-order valence-electron chi connectivity index (χ1n) is 17.0. The average Bonchev–Trinajstić information content (AvgIpc) is 3.67. The normalized spacial score (nSPS) is 11.4. The summed E-state index contributed by atoms with van der Waals surface area (Å²) in [5.41, 5.74) is 12.8. The maximum atomic E-state index is 6.57. The van der Waals surface area contributed by atoms with E-state index in [1.54, 1.807) is 0 Å². The number of rotatable bonds is 9. The molecule has 0 saturated heterocycles. The van der Waals surface area contributed by atoms with Gasteiger partial charge in [-0.05, 0) is 103 Å². The molecule has 7 rings (SSSR count). The molecule has 3 aromatic heterocycles. The summed E-state index contributed by atoms with van der Waals surface area (Å²) in [6, 6.07) is 30.5. The molecule has 3 heterocycles. The van der Waals surface area contributed by atoms with Crippen LogP contribution in [0.1, 0.15) is 60.6 Å². The summed E-state index contributed by atoms with van der Waals surface area (Å²) in [5.74, 6) is 2.71. The van der Waals surface area contributed by atoms with Crippen molar-refractivity contribution in [2.24, 2.45) is 5.92 Å². The fourth-order valence-corrected chi connectivity index (χ4v) is 6.90. The molecule has 0 atom stereocenters. The molecule has 0 bridgehead atoms. The fourth-order valence-electron chi connectivity index (χ4n) is 6.90. The zero-order valence-electron chi connectivity index (χ0n) is 29.3. The number of aromatic nitrogens is 4. The second kappa shape index (κ2) is 14.2. The maximum absolute atomic E-state index is 6.57. The standard InChI is InChI=1S/C43H42N4O.Pt/c1-8-11-32-20-35(46-26-34(25-45-46)43-30(6)28(4)19-29(5)31(43)7)23-37(21-32)48-36-14-15-39-38-12-9-10-13-40(38)47(41(39)24-36)42-22-33(16-17-44-42)18-27(2)3;/h9-10,12-17,19-22,25-27H,8,11,18H2,1-7H3;/q-2;+2. The van der Waals surface area contributed by atoms with E-state index in [1.807, 2.05) is 23.1 Å². The largest absolute Gasteiger partial charge is 2.00 e. The van der Waals surface area contributed by atoms with Crippen molar-refractivity contribution in [2.45, 2.75) is 67.7 Å². The minimum atomic E-state index is 0. The number of hydrogen-bond donors (Lipinski definition) is 0. The Kier molecular flexibility index (Phi) is 9.95. The first kappa shape index (κ1) is 34.4. The summed E-state index contributed by atoms with van der Waals surface area (Å²) >= 11 is 0. The molecule has 0 unspecified atom stereocenters. The van der Waals surface area contributed by atoms with Crippen LogP contribution in [0.3, 0.4) is 0 Å². The Balaban J connectivity index is 0.00000417. The summed E-state index contributed by atoms with van der Waals surface area (Å²) < 4.78 is 10.7. The van der Waals surface area contributed by atoms with Gasteiger partial charge >= 0.3 is 21.1 Å². The van der Waals surface area contributed by atoms with Gasteiger partial charge in [0.15, 0.2) is 0 Å². The zero-order valence-corrected chi connectivity index (χ0v) is 31.6. The summed E-state index contributed by atoms with van der Waals surface area (Å²) in [6.45, 7) is 15.4. The predicted octanol–water partition coefficient (Wildman–Crippen LogP) is 10.8. The molecule has 0 amide bonds. The van der Waals surface area contributed by atoms with Crippen molar-refractivity contribution in [3.05, 3.63) is 131 Å². The molecular weight excluding hydrogens is 784 g/mol. The molecule has 5 nitrogen and oxygen atoms in total. The van der Waals surface area contributed by atoms with Crippen LogP contribution in [0.15, 0.2) is 85.3 Å². The molecule has 250 valence electrons. The number of ether oxygens (including phenoxy) is 1. The number of hydrogen-bond acceptors (Lipinski definition) is 3. The summed E-state index contributed by atoms with van der Waals surface area (Å²) in [5, 5.41) is 7.07. The van der Waals surface area contributed by atoms with E-state index < -0.39 is 0 Å². The van der Waals surface area contributed by atoms with E-state index in [0.717, 1.165) is 58.1 Å². The maximum Gasteiger partial charge on any atom is 2.00 e. The number of nitrogens with zero attached hydrogens (tertiary/aromatic N) is 4. The molecule has 6 heteroatoms. The van der Waals surface area contributed by atoms with E-state index in [2.05, 4.69) is 132 Å². The number of benzene rings is 4. The van der Waals surface area contributed by atoms with Crippen molar-refractivity contribution in [3.8, 4) is 34.1 Å². The Morgan fingerprint density at radius 2 is 1.59 bits per heavy atom. The van der Waals surface area contributed by atoms with Crippen LogP contribution in [-0.2, 0) is 33.9 Å². The molecule has 0 N–H and O–H groups in total. The van der Waals surface area contributed by atoms with Gasteiger partial charge in [-0.3, -0.25) is 4.68 Å². The molecule has 0 spiro atoms. The third-order valence-corrected chi connectivity index (χ3v) is 9.37. The van der Waals surface area contributed by atoms with Gasteiger partial charge in [0.1, 0.15) is 5.82 Å². The topological polar surface area (TPSA) is 44.9 Å². The van der Waals surface area contributed by atoms with Crippen molar-refractivity contribution >= 4 is 21.8 Å². The van der Waals surface area contributed by atoms with Crippen LogP contribution in [0, 0.1) is 45.7 Å². The molecule has 0 aliphatic rings. The molecule has 4 aromatic carbocycles. The second-order valence-electron chi connectivity index (χ2n) is 13.5. The molecular formula is C43H42N4OPt. The summed E-state index contributed by atoms with van der Waals surface area (Å²) in [7, 11) is 0. The fraction of sp³-hybridized carbons (Fsp3) is 0.256. The van der Waals surface area contributed by atoms with Gasteiger partial charge in [0, 0.05) is 35.0 Å². The van der Waals surface area contributed by atoms with Crippen LogP contribution >= 0.6 is 0 Å². The number of para-hydroxylation sites is 1. The van der Waals surface area contributed by atoms with Gasteiger partial charge in [0.2, 0.25) is 0 Å². The smallest absolute Gasteiger partial charge is 0.509 e. The Hall–Kier alpha value is -4.47. The van der Waals surface area contributed by atoms with Crippen molar-refractivity contribution in [1.29, 1.82) is 0 Å². The third kappa shape index (κ3) is 6.74. The Morgan fingerprint density at radius 1 is 0.816 bits per heavy atom. The van der Waals surface area contributed by atoms with Gasteiger partial charge < -0.3 is 9.30 Å². The van der Waals surface area contributed by atoms with E-state index in [1.165, 1.54) is 38.9 Å². The van der Waals surface area contributed by atoms with Crippen LogP contribution in [0.5, 0.6) is 11.5 Å². The molecule has 0 radical (unpaired) electrons. The van der Waals surface area contributed by atoms with Crippen molar-refractivity contribution < 1.29 is 25.8 Å². The van der Waals surface area contributed by atoms with Gasteiger partial charge in [-0.1, -0.05) is 63.4 Å². The molecule has 7 aromatic rings. The average molecular weight is 826 g/mol. The summed E-state index contributed by atoms with van der Waals surface area (Å²) in [6.07, 6.45) is 8.92. The monoisotopic (exact) mass is 825 g/mol. The minimum Gasteiger partial charge on any atom is -0.509 e. The van der Waals surface area contributed by atoms with Gasteiger partial charge in [-0.25, -0.2) is 4.98 Å². The molecule has 49 heavy (non-hydrogen) atoms. The van der Waals surface area contributed by atoms with E-state index in [-0.39, 0.29) is 21.1 Å². The third-order valence-electron chi connectivity index (χ3n) is 9.37. The SMILES string of the molecule is CCCc1cc(Oc2[c-]c3c(cc2)c2ccccc2n3-c2cc(CC(C)C)ccn2)[c-]c(-n2cc(-c3c(C)c(C)cc(C)c3C)cn2)c1.[Pt+2]. The van der Waals surface area contributed by atoms with Crippen molar-refractivity contribution in [1.82, 2.24) is 19.3 Å². The van der Waals surface area contributed by atoms with Crippen molar-refractivity contribution in [3.63, 3.8) is 0 Å². The van der Waals surface area contributed by atoms with E-state index in [0.29, 0.717) is 17.4 Å². The Bertz CT molecular complexity index is 2270. The van der Waals surface area contributed by atoms with Gasteiger partial charge in [0.05, 0.1) is 6.20 Å². The van der Waals surface area contributed by atoms with E-state index in [9.17, 15) is 0 Å². The van der Waals surface area contributed by atoms with Crippen LogP contribution in [0.2, 0.25) is 0 Å².